The molecule has 3 rings (SSSR count). The monoisotopic (exact) mass is 410 g/mol. The van der Waals surface area contributed by atoms with E-state index in [1.807, 2.05) is 24.3 Å². The standard InChI is InChI=1S/C22H26N4O4/c1-3-30-22(29)18-8-9-19(24-14(18)2)21(28)25-16-4-6-17(7-5-16)26-12-10-15(11-13-26)20(23)27/h4-9,15H,3,10-13H2,1-2H3,(H2,23,27)(H,25,28). The molecular weight excluding hydrogens is 384 g/mol. The first kappa shape index (κ1) is 21.3. The number of carbonyl (C=O) groups is 3. The molecule has 1 saturated heterocycles. The molecule has 0 unspecified atom stereocenters. The minimum atomic E-state index is -0.454. The van der Waals surface area contributed by atoms with E-state index in [0.29, 0.717) is 16.9 Å². The Kier molecular flexibility index (Phi) is 6.66. The van der Waals surface area contributed by atoms with Crippen molar-refractivity contribution in [1.29, 1.82) is 0 Å². The Bertz CT molecular complexity index is 935. The molecule has 0 radical (unpaired) electrons. The second kappa shape index (κ2) is 9.39. The van der Waals surface area contributed by atoms with Crippen molar-refractivity contribution in [2.75, 3.05) is 29.9 Å². The number of amides is 2. The van der Waals surface area contributed by atoms with E-state index < -0.39 is 5.97 Å². The molecule has 0 saturated carbocycles. The molecule has 0 aliphatic carbocycles. The zero-order valence-electron chi connectivity index (χ0n) is 17.2. The van der Waals surface area contributed by atoms with Crippen molar-refractivity contribution in [1.82, 2.24) is 4.98 Å². The van der Waals surface area contributed by atoms with Gasteiger partial charge in [-0.1, -0.05) is 0 Å². The molecule has 0 spiro atoms. The molecule has 0 bridgehead atoms. The largest absolute Gasteiger partial charge is 0.462 e. The van der Waals surface area contributed by atoms with Gasteiger partial charge in [0.05, 0.1) is 17.9 Å². The summed E-state index contributed by atoms with van der Waals surface area (Å²) < 4.78 is 4.98. The lowest BCUT2D eigenvalue weighted by Gasteiger charge is -2.32. The zero-order valence-corrected chi connectivity index (χ0v) is 17.2. The van der Waals surface area contributed by atoms with Gasteiger partial charge in [0.25, 0.3) is 5.91 Å². The van der Waals surface area contributed by atoms with Crippen molar-refractivity contribution in [3.63, 3.8) is 0 Å². The quantitative estimate of drug-likeness (QED) is 0.707. The predicted molar refractivity (Wildman–Crippen MR) is 113 cm³/mol. The maximum atomic E-state index is 12.5. The molecule has 158 valence electrons. The van der Waals surface area contributed by atoms with E-state index in [2.05, 4.69) is 15.2 Å². The van der Waals surface area contributed by atoms with Crippen LogP contribution >= 0.6 is 0 Å². The van der Waals surface area contributed by atoms with Gasteiger partial charge in [-0.2, -0.15) is 0 Å². The summed E-state index contributed by atoms with van der Waals surface area (Å²) in [6, 6.07) is 10.6. The number of nitrogens with one attached hydrogen (secondary N) is 1. The van der Waals surface area contributed by atoms with E-state index in [0.717, 1.165) is 31.6 Å². The molecule has 30 heavy (non-hydrogen) atoms. The Hall–Kier alpha value is -3.42. The minimum Gasteiger partial charge on any atom is -0.462 e. The van der Waals surface area contributed by atoms with Crippen LogP contribution in [0.2, 0.25) is 0 Å². The van der Waals surface area contributed by atoms with Gasteiger partial charge >= 0.3 is 5.97 Å². The van der Waals surface area contributed by atoms with Crippen LogP contribution in [0.4, 0.5) is 11.4 Å². The number of ether oxygens (including phenoxy) is 1. The number of piperidine rings is 1. The number of aromatic nitrogens is 1. The number of carbonyl (C=O) groups excluding carboxylic acids is 3. The highest BCUT2D eigenvalue weighted by Crippen LogP contribution is 2.24. The van der Waals surface area contributed by atoms with Gasteiger partial charge in [0, 0.05) is 30.4 Å². The minimum absolute atomic E-state index is 0.0500. The van der Waals surface area contributed by atoms with Crippen LogP contribution < -0.4 is 16.0 Å². The topological polar surface area (TPSA) is 115 Å². The zero-order chi connectivity index (χ0) is 21.7. The molecule has 1 aromatic heterocycles. The molecule has 0 atom stereocenters. The smallest absolute Gasteiger partial charge is 0.339 e. The summed E-state index contributed by atoms with van der Waals surface area (Å²) in [5, 5.41) is 2.81. The number of nitrogens with two attached hydrogens (primary N) is 1. The molecule has 1 aromatic carbocycles. The number of benzene rings is 1. The molecule has 1 aliphatic rings. The van der Waals surface area contributed by atoms with E-state index in [-0.39, 0.29) is 30.0 Å². The normalized spacial score (nSPS) is 14.3. The molecule has 1 fully saturated rings. The van der Waals surface area contributed by atoms with E-state index in [1.165, 1.54) is 6.07 Å². The SMILES string of the molecule is CCOC(=O)c1ccc(C(=O)Nc2ccc(N3CCC(C(N)=O)CC3)cc2)nc1C. The third-order valence-corrected chi connectivity index (χ3v) is 5.20. The molecule has 8 nitrogen and oxygen atoms in total. The van der Waals surface area contributed by atoms with Crippen molar-refractivity contribution in [3.05, 3.63) is 53.3 Å². The fourth-order valence-corrected chi connectivity index (χ4v) is 3.49. The third kappa shape index (κ3) is 4.94. The number of hydrogen-bond donors (Lipinski definition) is 2. The van der Waals surface area contributed by atoms with Crippen LogP contribution in [0.1, 0.15) is 46.3 Å². The van der Waals surface area contributed by atoms with E-state index >= 15 is 0 Å². The van der Waals surface area contributed by atoms with Gasteiger partial charge in [0.15, 0.2) is 0 Å². The van der Waals surface area contributed by atoms with Gasteiger partial charge in [-0.15, -0.1) is 0 Å². The van der Waals surface area contributed by atoms with Crippen LogP contribution in [0.25, 0.3) is 0 Å². The van der Waals surface area contributed by atoms with Crippen molar-refractivity contribution >= 4 is 29.2 Å². The number of primary amides is 1. The summed E-state index contributed by atoms with van der Waals surface area (Å²) in [5.74, 6) is -1.09. The Morgan fingerprint density at radius 2 is 1.80 bits per heavy atom. The average molecular weight is 410 g/mol. The Labute approximate surface area is 175 Å². The Morgan fingerprint density at radius 1 is 1.13 bits per heavy atom. The number of esters is 1. The summed E-state index contributed by atoms with van der Waals surface area (Å²) in [6.07, 6.45) is 1.50. The first-order valence-corrected chi connectivity index (χ1v) is 9.99. The molecule has 2 heterocycles. The molecule has 2 aromatic rings. The lowest BCUT2D eigenvalue weighted by atomic mass is 9.96. The summed E-state index contributed by atoms with van der Waals surface area (Å²) in [6.45, 7) is 5.22. The van der Waals surface area contributed by atoms with Crippen molar-refractivity contribution in [2.45, 2.75) is 26.7 Å². The fraction of sp³-hybridized carbons (Fsp3) is 0.364. The van der Waals surface area contributed by atoms with Gasteiger partial charge in [0.1, 0.15) is 5.69 Å². The highest BCUT2D eigenvalue weighted by atomic mass is 16.5. The first-order chi connectivity index (χ1) is 14.4. The first-order valence-electron chi connectivity index (χ1n) is 9.99. The highest BCUT2D eigenvalue weighted by molar-refractivity contribution is 6.03. The maximum Gasteiger partial charge on any atom is 0.339 e. The van der Waals surface area contributed by atoms with Crippen LogP contribution in [0.15, 0.2) is 36.4 Å². The summed E-state index contributed by atoms with van der Waals surface area (Å²) in [7, 11) is 0. The van der Waals surface area contributed by atoms with Crippen LogP contribution in [0.5, 0.6) is 0 Å². The number of pyridine rings is 1. The lowest BCUT2D eigenvalue weighted by Crippen LogP contribution is -2.38. The van der Waals surface area contributed by atoms with E-state index in [4.69, 9.17) is 10.5 Å². The number of rotatable bonds is 6. The summed E-state index contributed by atoms with van der Waals surface area (Å²) in [4.78, 5) is 42.1. The number of anilines is 2. The predicted octanol–water partition coefficient (Wildman–Crippen LogP) is 2.52. The van der Waals surface area contributed by atoms with Crippen LogP contribution in [-0.2, 0) is 9.53 Å². The van der Waals surface area contributed by atoms with Crippen LogP contribution in [0, 0.1) is 12.8 Å². The second-order valence-electron chi connectivity index (χ2n) is 7.21. The number of hydrogen-bond acceptors (Lipinski definition) is 6. The molecule has 2 amide bonds. The number of aryl methyl sites for hydroxylation is 1. The number of nitrogens with zero attached hydrogens (tertiary/aromatic N) is 2. The Morgan fingerprint density at radius 3 is 2.37 bits per heavy atom. The van der Waals surface area contributed by atoms with E-state index in [1.54, 1.807) is 19.9 Å². The highest BCUT2D eigenvalue weighted by Gasteiger charge is 2.23. The third-order valence-electron chi connectivity index (χ3n) is 5.20. The van der Waals surface area contributed by atoms with Gasteiger partial charge in [-0.05, 0) is 63.1 Å². The van der Waals surface area contributed by atoms with Gasteiger partial charge in [0.2, 0.25) is 5.91 Å². The van der Waals surface area contributed by atoms with Crippen molar-refractivity contribution in [2.24, 2.45) is 11.7 Å². The lowest BCUT2D eigenvalue weighted by molar-refractivity contribution is -0.122. The average Bonchev–Trinajstić information content (AvgIpc) is 2.74. The molecule has 8 heteroatoms. The summed E-state index contributed by atoms with van der Waals surface area (Å²) in [5.41, 5.74) is 8.07. The van der Waals surface area contributed by atoms with Gasteiger partial charge in [-0.3, -0.25) is 9.59 Å². The van der Waals surface area contributed by atoms with Crippen LogP contribution in [-0.4, -0.2) is 42.5 Å². The fourth-order valence-electron chi connectivity index (χ4n) is 3.49. The Balaban J connectivity index is 1.61. The molecule has 3 N–H and O–H groups in total. The van der Waals surface area contributed by atoms with Gasteiger partial charge in [-0.25, -0.2) is 9.78 Å². The maximum absolute atomic E-state index is 12.5. The second-order valence-corrected chi connectivity index (χ2v) is 7.21. The van der Waals surface area contributed by atoms with Crippen molar-refractivity contribution < 1.29 is 19.1 Å². The molecule has 1 aliphatic heterocycles. The van der Waals surface area contributed by atoms with Gasteiger partial charge < -0.3 is 20.7 Å². The van der Waals surface area contributed by atoms with Crippen molar-refractivity contribution in [3.8, 4) is 0 Å². The van der Waals surface area contributed by atoms with E-state index in [9.17, 15) is 14.4 Å². The molecular formula is C22H26N4O4. The summed E-state index contributed by atoms with van der Waals surface area (Å²) >= 11 is 0. The van der Waals surface area contributed by atoms with Crippen LogP contribution in [0.3, 0.4) is 0 Å².